The fraction of sp³-hybridized carbons (Fsp3) is 0.952. The summed E-state index contributed by atoms with van der Waals surface area (Å²) in [5, 5.41) is 0. The van der Waals surface area contributed by atoms with E-state index in [1.807, 2.05) is 0 Å². The van der Waals surface area contributed by atoms with E-state index in [-0.39, 0.29) is 0 Å². The van der Waals surface area contributed by atoms with Gasteiger partial charge in [-0.25, -0.2) is 0 Å². The molecule has 0 bridgehead atoms. The molecule has 1 nitrogen and oxygen atoms in total. The van der Waals surface area contributed by atoms with E-state index >= 15 is 0 Å². The summed E-state index contributed by atoms with van der Waals surface area (Å²) in [7, 11) is 0. The summed E-state index contributed by atoms with van der Waals surface area (Å²) in [6.45, 7) is 4.51. The molecule has 0 rings (SSSR count). The van der Waals surface area contributed by atoms with Crippen molar-refractivity contribution < 1.29 is 4.79 Å². The molecule has 0 saturated carbocycles. The number of hydrogen-bond acceptors (Lipinski definition) is 1. The van der Waals surface area contributed by atoms with Gasteiger partial charge in [-0.1, -0.05) is 117 Å². The monoisotopic (exact) mass is 310 g/mol. The molecule has 0 amide bonds. The Balaban J connectivity index is 3.17. The average molecular weight is 311 g/mol. The van der Waals surface area contributed by atoms with Crippen LogP contribution in [0.4, 0.5) is 0 Å². The van der Waals surface area contributed by atoms with E-state index in [2.05, 4.69) is 13.8 Å². The molecule has 1 heteroatoms. The van der Waals surface area contributed by atoms with Crippen LogP contribution in [0.5, 0.6) is 0 Å². The van der Waals surface area contributed by atoms with Crippen molar-refractivity contribution in [3.63, 3.8) is 0 Å². The Morgan fingerprint density at radius 2 is 1.05 bits per heavy atom. The van der Waals surface area contributed by atoms with E-state index in [0.29, 0.717) is 5.92 Å². The molecule has 1 unspecified atom stereocenters. The molecule has 0 radical (unpaired) electrons. The maximum atomic E-state index is 10.6. The van der Waals surface area contributed by atoms with Crippen molar-refractivity contribution in [3.05, 3.63) is 0 Å². The van der Waals surface area contributed by atoms with Gasteiger partial charge in [0.2, 0.25) is 0 Å². The molecule has 22 heavy (non-hydrogen) atoms. The zero-order chi connectivity index (χ0) is 16.3. The van der Waals surface area contributed by atoms with Gasteiger partial charge in [0.05, 0.1) is 0 Å². The Kier molecular flexibility index (Phi) is 18.4. The zero-order valence-electron chi connectivity index (χ0n) is 15.6. The summed E-state index contributed by atoms with van der Waals surface area (Å²) in [4.78, 5) is 10.6. The molecule has 0 aromatic rings. The summed E-state index contributed by atoms with van der Waals surface area (Å²) in [5.41, 5.74) is 0. The Morgan fingerprint density at radius 1 is 0.591 bits per heavy atom. The molecule has 0 fully saturated rings. The third kappa shape index (κ3) is 16.0. The average Bonchev–Trinajstić information content (AvgIpc) is 2.52. The molecule has 132 valence electrons. The molecule has 0 N–H and O–H groups in total. The summed E-state index contributed by atoms with van der Waals surface area (Å²) in [6, 6.07) is 0. The minimum atomic E-state index is 0.662. The SMILES string of the molecule is CCCCCCCCCCCCCCCC(CC=O)CCC. The fourth-order valence-electron chi connectivity index (χ4n) is 3.38. The lowest BCUT2D eigenvalue weighted by Crippen LogP contribution is -2.00. The van der Waals surface area contributed by atoms with Crippen LogP contribution in [-0.2, 0) is 4.79 Å². The van der Waals surface area contributed by atoms with E-state index in [0.717, 1.165) is 12.7 Å². The molecule has 0 saturated heterocycles. The molecular weight excluding hydrogens is 268 g/mol. The first-order chi connectivity index (χ1) is 10.8. The van der Waals surface area contributed by atoms with Crippen LogP contribution >= 0.6 is 0 Å². The molecule has 0 heterocycles. The summed E-state index contributed by atoms with van der Waals surface area (Å²) in [6.07, 6.45) is 24.0. The van der Waals surface area contributed by atoms with Gasteiger partial charge in [0.1, 0.15) is 6.29 Å². The van der Waals surface area contributed by atoms with Crippen molar-refractivity contribution >= 4 is 6.29 Å². The van der Waals surface area contributed by atoms with Crippen LogP contribution in [0.2, 0.25) is 0 Å². The van der Waals surface area contributed by atoms with Gasteiger partial charge < -0.3 is 4.79 Å². The highest BCUT2D eigenvalue weighted by Crippen LogP contribution is 2.19. The molecule has 0 spiro atoms. The van der Waals surface area contributed by atoms with Crippen molar-refractivity contribution in [3.8, 4) is 0 Å². The maximum absolute atomic E-state index is 10.6. The number of hydrogen-bond donors (Lipinski definition) is 0. The number of unbranched alkanes of at least 4 members (excludes halogenated alkanes) is 12. The topological polar surface area (TPSA) is 17.1 Å². The largest absolute Gasteiger partial charge is 0.303 e. The lowest BCUT2D eigenvalue weighted by Gasteiger charge is -2.12. The fourth-order valence-corrected chi connectivity index (χ4v) is 3.38. The van der Waals surface area contributed by atoms with Crippen LogP contribution in [0.15, 0.2) is 0 Å². The second kappa shape index (κ2) is 18.7. The highest BCUT2D eigenvalue weighted by atomic mass is 16.1. The predicted octanol–water partition coefficient (Wildman–Crippen LogP) is 7.47. The second-order valence-electron chi connectivity index (χ2n) is 7.09. The van der Waals surface area contributed by atoms with Crippen LogP contribution in [0.1, 0.15) is 123 Å². The minimum Gasteiger partial charge on any atom is -0.303 e. The van der Waals surface area contributed by atoms with Crippen molar-refractivity contribution in [1.82, 2.24) is 0 Å². The first kappa shape index (κ1) is 21.7. The van der Waals surface area contributed by atoms with Crippen LogP contribution < -0.4 is 0 Å². The third-order valence-electron chi connectivity index (χ3n) is 4.84. The van der Waals surface area contributed by atoms with Crippen LogP contribution in [-0.4, -0.2) is 6.29 Å². The second-order valence-corrected chi connectivity index (χ2v) is 7.09. The lowest BCUT2D eigenvalue weighted by atomic mass is 9.93. The molecular formula is C21H42O. The smallest absolute Gasteiger partial charge is 0.120 e. The quantitative estimate of drug-likeness (QED) is 0.189. The first-order valence-electron chi connectivity index (χ1n) is 10.3. The standard InChI is InChI=1S/C21H42O/c1-3-5-6-7-8-9-10-11-12-13-14-15-16-18-21(17-4-2)19-20-22/h20-21H,3-19H2,1-2H3. The van der Waals surface area contributed by atoms with E-state index in [1.165, 1.54) is 103 Å². The molecule has 0 aromatic heterocycles. The van der Waals surface area contributed by atoms with Gasteiger partial charge in [0.25, 0.3) is 0 Å². The van der Waals surface area contributed by atoms with Gasteiger partial charge in [-0.05, 0) is 5.92 Å². The Bertz CT molecular complexity index is 212. The van der Waals surface area contributed by atoms with Gasteiger partial charge in [0, 0.05) is 6.42 Å². The van der Waals surface area contributed by atoms with Gasteiger partial charge in [-0.3, -0.25) is 0 Å². The third-order valence-corrected chi connectivity index (χ3v) is 4.84. The van der Waals surface area contributed by atoms with E-state index in [1.54, 1.807) is 0 Å². The van der Waals surface area contributed by atoms with Crippen molar-refractivity contribution in [1.29, 1.82) is 0 Å². The Hall–Kier alpha value is -0.330. The molecule has 0 aliphatic rings. The van der Waals surface area contributed by atoms with Gasteiger partial charge >= 0.3 is 0 Å². The molecule has 0 aliphatic carbocycles. The van der Waals surface area contributed by atoms with Crippen molar-refractivity contribution in [2.75, 3.05) is 0 Å². The summed E-state index contributed by atoms with van der Waals surface area (Å²) >= 11 is 0. The van der Waals surface area contributed by atoms with Crippen molar-refractivity contribution in [2.24, 2.45) is 5.92 Å². The van der Waals surface area contributed by atoms with Crippen molar-refractivity contribution in [2.45, 2.75) is 123 Å². The Morgan fingerprint density at radius 3 is 1.45 bits per heavy atom. The minimum absolute atomic E-state index is 0.662. The highest BCUT2D eigenvalue weighted by Gasteiger charge is 2.06. The van der Waals surface area contributed by atoms with E-state index in [4.69, 9.17) is 0 Å². The maximum Gasteiger partial charge on any atom is 0.120 e. The van der Waals surface area contributed by atoms with Gasteiger partial charge in [-0.15, -0.1) is 0 Å². The molecule has 0 aromatic carbocycles. The predicted molar refractivity (Wildman–Crippen MR) is 99.4 cm³/mol. The summed E-state index contributed by atoms with van der Waals surface area (Å²) in [5.74, 6) is 0.662. The molecule has 1 atom stereocenters. The molecule has 0 aliphatic heterocycles. The van der Waals surface area contributed by atoms with E-state index < -0.39 is 0 Å². The summed E-state index contributed by atoms with van der Waals surface area (Å²) < 4.78 is 0. The normalized spacial score (nSPS) is 12.5. The van der Waals surface area contributed by atoms with Crippen LogP contribution in [0.25, 0.3) is 0 Å². The number of aldehydes is 1. The van der Waals surface area contributed by atoms with Crippen LogP contribution in [0, 0.1) is 5.92 Å². The number of carbonyl (C=O) groups is 1. The Labute approximate surface area is 140 Å². The first-order valence-corrected chi connectivity index (χ1v) is 10.3. The zero-order valence-corrected chi connectivity index (χ0v) is 15.6. The number of carbonyl (C=O) groups excluding carboxylic acids is 1. The van der Waals surface area contributed by atoms with E-state index in [9.17, 15) is 4.79 Å². The van der Waals surface area contributed by atoms with Gasteiger partial charge in [-0.2, -0.15) is 0 Å². The van der Waals surface area contributed by atoms with Crippen LogP contribution in [0.3, 0.4) is 0 Å². The lowest BCUT2D eigenvalue weighted by molar-refractivity contribution is -0.108. The highest BCUT2D eigenvalue weighted by molar-refractivity contribution is 5.49. The number of rotatable bonds is 18. The van der Waals surface area contributed by atoms with Gasteiger partial charge in [0.15, 0.2) is 0 Å².